The van der Waals surface area contributed by atoms with Gasteiger partial charge < -0.3 is 11.1 Å². The molecule has 0 heterocycles. The molecule has 3 nitrogen and oxygen atoms in total. The molecule has 0 unspecified atom stereocenters. The highest BCUT2D eigenvalue weighted by Crippen LogP contribution is 2.17. The van der Waals surface area contributed by atoms with Crippen molar-refractivity contribution in [2.24, 2.45) is 0 Å². The van der Waals surface area contributed by atoms with Crippen LogP contribution in [-0.2, 0) is 11.2 Å². The maximum Gasteiger partial charge on any atom is 0.228 e. The first kappa shape index (κ1) is 13.9. The Hall–Kier alpha value is -2.50. The molecule has 1 amide bonds. The van der Waals surface area contributed by atoms with Crippen molar-refractivity contribution >= 4 is 17.3 Å². The van der Waals surface area contributed by atoms with Gasteiger partial charge in [0, 0.05) is 5.69 Å². The smallest absolute Gasteiger partial charge is 0.228 e. The van der Waals surface area contributed by atoms with Crippen LogP contribution in [0.15, 0.2) is 36.4 Å². The number of nitrogens with one attached hydrogen (secondary N) is 1. The summed E-state index contributed by atoms with van der Waals surface area (Å²) in [6.07, 6.45) is -0.130. The number of carbonyl (C=O) groups is 1. The summed E-state index contributed by atoms with van der Waals surface area (Å²) in [5.74, 6) is -3.01. The van der Waals surface area contributed by atoms with Gasteiger partial charge in [-0.1, -0.05) is 6.07 Å². The first-order valence-corrected chi connectivity index (χ1v) is 5.74. The fourth-order valence-corrected chi connectivity index (χ4v) is 1.66. The van der Waals surface area contributed by atoms with Crippen molar-refractivity contribution < 1.29 is 18.0 Å². The van der Waals surface area contributed by atoms with Crippen LogP contribution >= 0.6 is 0 Å². The van der Waals surface area contributed by atoms with E-state index in [0.29, 0.717) is 11.3 Å². The Morgan fingerprint density at radius 1 is 1.00 bits per heavy atom. The highest BCUT2D eigenvalue weighted by molar-refractivity contribution is 5.92. The van der Waals surface area contributed by atoms with E-state index < -0.39 is 23.4 Å². The normalized spacial score (nSPS) is 10.3. The summed E-state index contributed by atoms with van der Waals surface area (Å²) in [7, 11) is 0. The summed E-state index contributed by atoms with van der Waals surface area (Å²) < 4.78 is 38.7. The van der Waals surface area contributed by atoms with Crippen LogP contribution < -0.4 is 11.1 Å². The van der Waals surface area contributed by atoms with Gasteiger partial charge in [0.05, 0.1) is 12.1 Å². The first-order valence-electron chi connectivity index (χ1n) is 5.74. The molecule has 0 fully saturated rings. The Kier molecular flexibility index (Phi) is 3.93. The van der Waals surface area contributed by atoms with E-state index in [1.165, 1.54) is 18.2 Å². The number of anilines is 2. The van der Waals surface area contributed by atoms with E-state index in [-0.39, 0.29) is 12.1 Å². The van der Waals surface area contributed by atoms with Gasteiger partial charge in [0.2, 0.25) is 5.91 Å². The van der Waals surface area contributed by atoms with Gasteiger partial charge in [-0.25, -0.2) is 13.2 Å². The minimum absolute atomic E-state index is 0.0874. The van der Waals surface area contributed by atoms with Crippen molar-refractivity contribution in [1.29, 1.82) is 0 Å². The van der Waals surface area contributed by atoms with Gasteiger partial charge in [-0.05, 0) is 35.9 Å². The molecule has 0 aliphatic rings. The number of nitrogen functional groups attached to an aromatic ring is 1. The number of hydrogen-bond donors (Lipinski definition) is 2. The molecular weight excluding hydrogens is 269 g/mol. The fraction of sp³-hybridized carbons (Fsp3) is 0.0714. The summed E-state index contributed by atoms with van der Waals surface area (Å²) in [5, 5.41) is 2.49. The lowest BCUT2D eigenvalue weighted by Crippen LogP contribution is -2.14. The summed E-state index contributed by atoms with van der Waals surface area (Å²) >= 11 is 0. The Morgan fingerprint density at radius 3 is 2.35 bits per heavy atom. The average Bonchev–Trinajstić information content (AvgIpc) is 2.38. The summed E-state index contributed by atoms with van der Waals surface area (Å²) in [6, 6.07) is 6.98. The molecule has 0 aliphatic carbocycles. The van der Waals surface area contributed by atoms with Crippen molar-refractivity contribution in [3.8, 4) is 0 Å². The molecule has 104 valence electrons. The molecule has 0 saturated carbocycles. The molecule has 3 N–H and O–H groups in total. The quantitative estimate of drug-likeness (QED) is 0.849. The molecule has 2 rings (SSSR count). The molecule has 20 heavy (non-hydrogen) atoms. The number of hydrogen-bond acceptors (Lipinski definition) is 2. The van der Waals surface area contributed by atoms with E-state index in [9.17, 15) is 18.0 Å². The lowest BCUT2D eigenvalue weighted by molar-refractivity contribution is -0.115. The maximum atomic E-state index is 13.0. The van der Waals surface area contributed by atoms with E-state index in [1.807, 2.05) is 0 Å². The fourth-order valence-electron chi connectivity index (χ4n) is 1.66. The molecule has 0 aliphatic heterocycles. The van der Waals surface area contributed by atoms with Crippen LogP contribution in [0.25, 0.3) is 0 Å². The molecule has 0 atom stereocenters. The van der Waals surface area contributed by atoms with Gasteiger partial charge in [0.15, 0.2) is 11.6 Å². The second kappa shape index (κ2) is 5.64. The lowest BCUT2D eigenvalue weighted by atomic mass is 10.1. The molecule has 0 bridgehead atoms. The second-order valence-electron chi connectivity index (χ2n) is 4.21. The van der Waals surface area contributed by atoms with Crippen molar-refractivity contribution in [2.45, 2.75) is 6.42 Å². The highest BCUT2D eigenvalue weighted by Gasteiger charge is 2.08. The van der Waals surface area contributed by atoms with Gasteiger partial charge in [-0.15, -0.1) is 0 Å². The Morgan fingerprint density at radius 2 is 1.70 bits per heavy atom. The van der Waals surface area contributed by atoms with Gasteiger partial charge in [0.25, 0.3) is 0 Å². The van der Waals surface area contributed by atoms with Crippen molar-refractivity contribution in [3.63, 3.8) is 0 Å². The Balaban J connectivity index is 2.04. The van der Waals surface area contributed by atoms with Gasteiger partial charge in [-0.2, -0.15) is 0 Å². The van der Waals surface area contributed by atoms with Crippen molar-refractivity contribution in [2.75, 3.05) is 11.1 Å². The van der Waals surface area contributed by atoms with E-state index in [1.54, 1.807) is 0 Å². The minimum atomic E-state index is -1.01. The summed E-state index contributed by atoms with van der Waals surface area (Å²) in [6.45, 7) is 0. The van der Waals surface area contributed by atoms with E-state index in [4.69, 9.17) is 5.73 Å². The van der Waals surface area contributed by atoms with Gasteiger partial charge >= 0.3 is 0 Å². The van der Waals surface area contributed by atoms with Crippen LogP contribution in [0.3, 0.4) is 0 Å². The van der Waals surface area contributed by atoms with Crippen LogP contribution in [0.1, 0.15) is 5.56 Å². The molecular formula is C14H11F3N2O. The largest absolute Gasteiger partial charge is 0.396 e. The third kappa shape index (κ3) is 3.28. The molecule has 0 spiro atoms. The third-order valence-electron chi connectivity index (χ3n) is 2.63. The zero-order chi connectivity index (χ0) is 14.7. The summed E-state index contributed by atoms with van der Waals surface area (Å²) in [5.41, 5.74) is 5.94. The predicted octanol–water partition coefficient (Wildman–Crippen LogP) is 2.87. The minimum Gasteiger partial charge on any atom is -0.396 e. The zero-order valence-corrected chi connectivity index (χ0v) is 10.3. The molecule has 6 heteroatoms. The molecule has 2 aromatic rings. The molecule has 0 radical (unpaired) electrons. The first-order chi connectivity index (χ1) is 9.45. The van der Waals surface area contributed by atoms with Gasteiger partial charge in [0.1, 0.15) is 5.82 Å². The third-order valence-corrected chi connectivity index (χ3v) is 2.63. The summed E-state index contributed by atoms with van der Waals surface area (Å²) in [4.78, 5) is 11.7. The van der Waals surface area contributed by atoms with Crippen LogP contribution in [-0.4, -0.2) is 5.91 Å². The SMILES string of the molecule is Nc1cc(NC(=O)Cc2ccc(F)c(F)c2)ccc1F. The van der Waals surface area contributed by atoms with Crippen LogP contribution in [0, 0.1) is 17.5 Å². The topological polar surface area (TPSA) is 55.1 Å². The second-order valence-corrected chi connectivity index (χ2v) is 4.21. The Labute approximate surface area is 113 Å². The molecule has 0 saturated heterocycles. The maximum absolute atomic E-state index is 13.0. The lowest BCUT2D eigenvalue weighted by Gasteiger charge is -2.07. The van der Waals surface area contributed by atoms with Gasteiger partial charge in [-0.3, -0.25) is 4.79 Å². The van der Waals surface area contributed by atoms with Crippen molar-refractivity contribution in [3.05, 3.63) is 59.4 Å². The number of nitrogens with two attached hydrogens (primary N) is 1. The van der Waals surface area contributed by atoms with Crippen LogP contribution in [0.2, 0.25) is 0 Å². The average molecular weight is 280 g/mol. The van der Waals surface area contributed by atoms with Crippen LogP contribution in [0.5, 0.6) is 0 Å². The number of halogens is 3. The Bertz CT molecular complexity index is 603. The van der Waals surface area contributed by atoms with Crippen LogP contribution in [0.4, 0.5) is 24.5 Å². The predicted molar refractivity (Wildman–Crippen MR) is 69.5 cm³/mol. The number of benzene rings is 2. The number of carbonyl (C=O) groups excluding carboxylic acids is 1. The van der Waals surface area contributed by atoms with Crippen molar-refractivity contribution in [1.82, 2.24) is 0 Å². The number of amides is 1. The van der Waals surface area contributed by atoms with E-state index in [0.717, 1.165) is 18.2 Å². The zero-order valence-electron chi connectivity index (χ0n) is 10.3. The molecule has 2 aromatic carbocycles. The number of rotatable bonds is 3. The van der Waals surface area contributed by atoms with E-state index >= 15 is 0 Å². The van der Waals surface area contributed by atoms with E-state index in [2.05, 4.69) is 5.32 Å². The standard InChI is InChI=1S/C14H11F3N2O/c15-10-3-1-8(5-12(10)17)6-14(20)19-9-2-4-11(16)13(18)7-9/h1-5,7H,6,18H2,(H,19,20). The molecule has 0 aromatic heterocycles. The highest BCUT2D eigenvalue weighted by atomic mass is 19.2. The monoisotopic (exact) mass is 280 g/mol.